The van der Waals surface area contributed by atoms with Gasteiger partial charge < -0.3 is 0 Å². The van der Waals surface area contributed by atoms with Gasteiger partial charge in [0.1, 0.15) is 11.6 Å². The van der Waals surface area contributed by atoms with Crippen LogP contribution < -0.4 is 0 Å². The second kappa shape index (κ2) is 8.87. The standard InChI is InChI=1S/C26H26ClF2N3/c27-23-9-6-20(28)15-22(23)25-10-8-21(30-31-25)7-5-19-16-26(19)11-13-32(14-12-26)17-18-3-1-2-4-24(18)29/h1-4,6,8-10,15,19H,5,7,11-14,16-17H2. The predicted octanol–water partition coefficient (Wildman–Crippen LogP) is 6.31. The zero-order valence-electron chi connectivity index (χ0n) is 17.9. The average Bonchev–Trinajstić information content (AvgIpc) is 3.49. The lowest BCUT2D eigenvalue weighted by Gasteiger charge is -2.33. The van der Waals surface area contributed by atoms with E-state index in [2.05, 4.69) is 15.1 Å². The summed E-state index contributed by atoms with van der Waals surface area (Å²) in [5.41, 5.74) is 3.36. The van der Waals surface area contributed by atoms with Gasteiger partial charge in [-0.3, -0.25) is 4.90 Å². The van der Waals surface area contributed by atoms with E-state index in [0.717, 1.165) is 43.1 Å². The van der Waals surface area contributed by atoms with E-state index in [-0.39, 0.29) is 11.6 Å². The van der Waals surface area contributed by atoms with Crippen molar-refractivity contribution in [1.29, 1.82) is 0 Å². The Labute approximate surface area is 192 Å². The van der Waals surface area contributed by atoms with E-state index < -0.39 is 0 Å². The van der Waals surface area contributed by atoms with Gasteiger partial charge in [-0.2, -0.15) is 10.2 Å². The Balaban J connectivity index is 1.12. The maximum Gasteiger partial charge on any atom is 0.127 e. The Bertz CT molecular complexity index is 1090. The van der Waals surface area contributed by atoms with Crippen molar-refractivity contribution in [2.75, 3.05) is 13.1 Å². The van der Waals surface area contributed by atoms with Crippen LogP contribution in [0.15, 0.2) is 54.6 Å². The first-order valence-electron chi connectivity index (χ1n) is 11.3. The van der Waals surface area contributed by atoms with Crippen molar-refractivity contribution in [3.8, 4) is 11.3 Å². The van der Waals surface area contributed by atoms with Gasteiger partial charge in [0.25, 0.3) is 0 Å². The fourth-order valence-corrected chi connectivity index (χ4v) is 5.34. The molecule has 1 spiro atoms. The zero-order valence-corrected chi connectivity index (χ0v) is 18.7. The monoisotopic (exact) mass is 453 g/mol. The third kappa shape index (κ3) is 4.55. The van der Waals surface area contributed by atoms with Gasteiger partial charge >= 0.3 is 0 Å². The Morgan fingerprint density at radius 3 is 2.56 bits per heavy atom. The minimum atomic E-state index is -0.339. The van der Waals surface area contributed by atoms with Crippen LogP contribution in [0.1, 0.15) is 36.9 Å². The highest BCUT2D eigenvalue weighted by atomic mass is 35.5. The summed E-state index contributed by atoms with van der Waals surface area (Å²) >= 11 is 6.17. The molecule has 6 heteroatoms. The molecule has 3 nitrogen and oxygen atoms in total. The summed E-state index contributed by atoms with van der Waals surface area (Å²) in [5.74, 6) is 0.287. The van der Waals surface area contributed by atoms with Gasteiger partial charge in [-0.1, -0.05) is 29.8 Å². The maximum atomic E-state index is 13.9. The van der Waals surface area contributed by atoms with Gasteiger partial charge in [-0.05, 0) is 92.9 Å². The van der Waals surface area contributed by atoms with Gasteiger partial charge in [-0.25, -0.2) is 8.78 Å². The first-order valence-corrected chi connectivity index (χ1v) is 11.6. The number of halogens is 3. The Morgan fingerprint density at radius 1 is 1.00 bits per heavy atom. The van der Waals surface area contributed by atoms with Gasteiger partial charge in [0, 0.05) is 17.7 Å². The van der Waals surface area contributed by atoms with Crippen molar-refractivity contribution in [2.45, 2.75) is 38.6 Å². The summed E-state index contributed by atoms with van der Waals surface area (Å²) in [6.45, 7) is 2.77. The molecule has 2 aliphatic rings. The molecule has 5 rings (SSSR count). The fraction of sp³-hybridized carbons (Fsp3) is 0.385. The molecule has 0 amide bonds. The van der Waals surface area contributed by atoms with Crippen LogP contribution in [0.2, 0.25) is 5.02 Å². The summed E-state index contributed by atoms with van der Waals surface area (Å²) in [6.07, 6.45) is 5.67. The molecule has 1 atom stereocenters. The number of hydrogen-bond acceptors (Lipinski definition) is 3. The van der Waals surface area contributed by atoms with Crippen molar-refractivity contribution in [2.24, 2.45) is 11.3 Å². The SMILES string of the molecule is Fc1ccc(Cl)c(-c2ccc(CCC3CC34CCN(Cc3ccccc3F)CC4)nn2)c1. The Hall–Kier alpha value is -2.37. The zero-order chi connectivity index (χ0) is 22.1. The highest BCUT2D eigenvalue weighted by molar-refractivity contribution is 6.33. The minimum absolute atomic E-state index is 0.108. The second-order valence-electron chi connectivity index (χ2n) is 9.20. The quantitative estimate of drug-likeness (QED) is 0.438. The van der Waals surface area contributed by atoms with E-state index in [4.69, 9.17) is 11.6 Å². The van der Waals surface area contributed by atoms with Crippen molar-refractivity contribution in [3.05, 3.63) is 82.5 Å². The van der Waals surface area contributed by atoms with Gasteiger partial charge in [0.05, 0.1) is 16.4 Å². The van der Waals surface area contributed by atoms with Crippen LogP contribution in [-0.4, -0.2) is 28.2 Å². The van der Waals surface area contributed by atoms with E-state index in [1.165, 1.54) is 37.5 Å². The molecule has 0 N–H and O–H groups in total. The summed E-state index contributed by atoms with van der Waals surface area (Å²) in [5, 5.41) is 9.09. The lowest BCUT2D eigenvalue weighted by atomic mass is 9.89. The number of aromatic nitrogens is 2. The number of benzene rings is 2. The van der Waals surface area contributed by atoms with Crippen LogP contribution in [0, 0.1) is 23.0 Å². The summed E-state index contributed by atoms with van der Waals surface area (Å²) < 4.78 is 27.5. The molecular formula is C26H26ClF2N3. The van der Waals surface area contributed by atoms with E-state index in [9.17, 15) is 8.78 Å². The molecule has 1 aliphatic heterocycles. The van der Waals surface area contributed by atoms with Crippen molar-refractivity contribution < 1.29 is 8.78 Å². The molecular weight excluding hydrogens is 428 g/mol. The highest BCUT2D eigenvalue weighted by Gasteiger charge is 2.53. The molecule has 166 valence electrons. The van der Waals surface area contributed by atoms with E-state index in [1.807, 2.05) is 24.3 Å². The predicted molar refractivity (Wildman–Crippen MR) is 122 cm³/mol. The summed E-state index contributed by atoms with van der Waals surface area (Å²) in [4.78, 5) is 2.38. The number of hydrogen-bond donors (Lipinski definition) is 0. The Kier molecular flexibility index (Phi) is 5.95. The van der Waals surface area contributed by atoms with Crippen molar-refractivity contribution >= 4 is 11.6 Å². The number of likely N-dealkylation sites (tertiary alicyclic amines) is 1. The lowest BCUT2D eigenvalue weighted by Crippen LogP contribution is -2.35. The molecule has 2 aromatic carbocycles. The molecule has 3 aromatic rings. The molecule has 1 saturated heterocycles. The number of piperidine rings is 1. The first kappa shape index (κ1) is 21.5. The molecule has 2 heterocycles. The minimum Gasteiger partial charge on any atom is -0.299 e. The largest absolute Gasteiger partial charge is 0.299 e. The normalized spacial score (nSPS) is 19.9. The number of aryl methyl sites for hydroxylation is 1. The molecule has 1 saturated carbocycles. The molecule has 0 radical (unpaired) electrons. The molecule has 1 aromatic heterocycles. The van der Waals surface area contributed by atoms with Crippen LogP contribution in [-0.2, 0) is 13.0 Å². The molecule has 1 unspecified atom stereocenters. The van der Waals surface area contributed by atoms with E-state index >= 15 is 0 Å². The Morgan fingerprint density at radius 2 is 1.81 bits per heavy atom. The lowest BCUT2D eigenvalue weighted by molar-refractivity contribution is 0.153. The third-order valence-electron chi connectivity index (χ3n) is 7.24. The number of rotatable bonds is 6. The smallest absolute Gasteiger partial charge is 0.127 e. The van der Waals surface area contributed by atoms with Crippen molar-refractivity contribution in [1.82, 2.24) is 15.1 Å². The van der Waals surface area contributed by atoms with Gasteiger partial charge in [-0.15, -0.1) is 0 Å². The van der Waals surface area contributed by atoms with Crippen LogP contribution in [0.25, 0.3) is 11.3 Å². The van der Waals surface area contributed by atoms with E-state index in [0.29, 0.717) is 28.2 Å². The topological polar surface area (TPSA) is 29.0 Å². The van der Waals surface area contributed by atoms with Crippen LogP contribution in [0.3, 0.4) is 0 Å². The fourth-order valence-electron chi connectivity index (χ4n) is 5.13. The van der Waals surface area contributed by atoms with Crippen LogP contribution in [0.4, 0.5) is 8.78 Å². The average molecular weight is 454 g/mol. The molecule has 1 aliphatic carbocycles. The number of nitrogens with zero attached hydrogens (tertiary/aromatic N) is 3. The van der Waals surface area contributed by atoms with Gasteiger partial charge in [0.2, 0.25) is 0 Å². The summed E-state index contributed by atoms with van der Waals surface area (Å²) in [7, 11) is 0. The molecule has 32 heavy (non-hydrogen) atoms. The van der Waals surface area contributed by atoms with Crippen LogP contribution in [0.5, 0.6) is 0 Å². The maximum absolute atomic E-state index is 13.9. The highest BCUT2D eigenvalue weighted by Crippen LogP contribution is 2.61. The second-order valence-corrected chi connectivity index (χ2v) is 9.61. The first-order chi connectivity index (χ1) is 15.5. The van der Waals surface area contributed by atoms with Gasteiger partial charge in [0.15, 0.2) is 0 Å². The third-order valence-corrected chi connectivity index (χ3v) is 7.57. The molecule has 2 fully saturated rings. The summed E-state index contributed by atoms with van der Waals surface area (Å²) in [6, 6.07) is 15.2. The van der Waals surface area contributed by atoms with Crippen LogP contribution >= 0.6 is 11.6 Å². The molecule has 0 bridgehead atoms. The van der Waals surface area contributed by atoms with Crippen molar-refractivity contribution in [3.63, 3.8) is 0 Å². The van der Waals surface area contributed by atoms with E-state index in [1.54, 1.807) is 12.1 Å².